The molecule has 1 unspecified atom stereocenters. The van der Waals surface area contributed by atoms with Crippen LogP contribution in [-0.4, -0.2) is 61.1 Å². The first-order valence-corrected chi connectivity index (χ1v) is 9.24. The van der Waals surface area contributed by atoms with E-state index < -0.39 is 0 Å². The normalized spacial score (nSPS) is 23.6. The number of halogens is 1. The minimum Gasteiger partial charge on any atom is -0.383 e. The fraction of sp³-hybridized carbons (Fsp3) is 0.650. The molecule has 2 saturated heterocycles. The number of ether oxygens (including phenoxy) is 1. The number of nitrogens with zero attached hydrogens (tertiary/aromatic N) is 2. The van der Waals surface area contributed by atoms with Gasteiger partial charge in [-0.2, -0.15) is 0 Å². The summed E-state index contributed by atoms with van der Waals surface area (Å²) in [5.41, 5.74) is 0.873. The van der Waals surface area contributed by atoms with Crippen LogP contribution in [0.2, 0.25) is 0 Å². The number of carbonyl (C=O) groups excluding carboxylic acids is 1. The van der Waals surface area contributed by atoms with Gasteiger partial charge in [0.05, 0.1) is 6.61 Å². The first kappa shape index (κ1) is 18.3. The van der Waals surface area contributed by atoms with Gasteiger partial charge < -0.3 is 9.64 Å². The van der Waals surface area contributed by atoms with Crippen molar-refractivity contribution in [2.75, 3.05) is 33.4 Å². The van der Waals surface area contributed by atoms with Crippen molar-refractivity contribution in [3.63, 3.8) is 0 Å². The van der Waals surface area contributed by atoms with Gasteiger partial charge in [-0.05, 0) is 62.8 Å². The smallest absolute Gasteiger partial charge is 0.253 e. The second kappa shape index (κ2) is 7.42. The number of methoxy groups -OCH3 is 1. The fourth-order valence-electron chi connectivity index (χ4n) is 4.47. The zero-order valence-electron chi connectivity index (χ0n) is 15.5. The summed E-state index contributed by atoms with van der Waals surface area (Å²) < 4.78 is 18.5. The molecule has 0 aromatic heterocycles. The zero-order valence-corrected chi connectivity index (χ0v) is 15.5. The Hall–Kier alpha value is -1.46. The van der Waals surface area contributed by atoms with Crippen LogP contribution in [0.15, 0.2) is 24.3 Å². The van der Waals surface area contributed by atoms with Crippen molar-refractivity contribution < 1.29 is 13.9 Å². The molecule has 2 aliphatic heterocycles. The summed E-state index contributed by atoms with van der Waals surface area (Å²) in [4.78, 5) is 17.1. The number of hydrogen-bond acceptors (Lipinski definition) is 3. The highest BCUT2D eigenvalue weighted by Gasteiger charge is 2.46. The first-order chi connectivity index (χ1) is 11.9. The molecule has 1 amide bonds. The first-order valence-electron chi connectivity index (χ1n) is 9.24. The van der Waals surface area contributed by atoms with Gasteiger partial charge in [0.2, 0.25) is 0 Å². The molecular formula is C20H29FN2O2. The highest BCUT2D eigenvalue weighted by atomic mass is 19.1. The van der Waals surface area contributed by atoms with Gasteiger partial charge in [-0.15, -0.1) is 0 Å². The summed E-state index contributed by atoms with van der Waals surface area (Å²) in [5, 5.41) is 0. The van der Waals surface area contributed by atoms with Gasteiger partial charge in [0.1, 0.15) is 5.82 Å². The van der Waals surface area contributed by atoms with E-state index in [0.29, 0.717) is 23.1 Å². The summed E-state index contributed by atoms with van der Waals surface area (Å²) in [5.74, 6) is -0.292. The molecule has 0 bridgehead atoms. The van der Waals surface area contributed by atoms with E-state index in [4.69, 9.17) is 4.74 Å². The lowest BCUT2D eigenvalue weighted by atomic mass is 9.76. The lowest BCUT2D eigenvalue weighted by molar-refractivity contribution is 0.0582. The predicted octanol–water partition coefficient (Wildman–Crippen LogP) is 3.18. The van der Waals surface area contributed by atoms with E-state index in [9.17, 15) is 9.18 Å². The van der Waals surface area contributed by atoms with Crippen LogP contribution in [0, 0.1) is 11.2 Å². The Bertz CT molecular complexity index is 594. The number of benzene rings is 1. The molecule has 2 aliphatic rings. The summed E-state index contributed by atoms with van der Waals surface area (Å²) in [6.07, 6.45) is 3.21. The van der Waals surface area contributed by atoms with Gasteiger partial charge in [-0.25, -0.2) is 4.39 Å². The molecule has 1 atom stereocenters. The van der Waals surface area contributed by atoms with Gasteiger partial charge in [0.25, 0.3) is 5.91 Å². The summed E-state index contributed by atoms with van der Waals surface area (Å²) in [7, 11) is 1.77. The number of carbonyl (C=O) groups is 1. The molecular weight excluding hydrogens is 319 g/mol. The second-order valence-corrected chi connectivity index (χ2v) is 7.88. The molecule has 4 nitrogen and oxygen atoms in total. The number of likely N-dealkylation sites (tertiary alicyclic amines) is 2. The van der Waals surface area contributed by atoms with Gasteiger partial charge in [-0.1, -0.05) is 0 Å². The van der Waals surface area contributed by atoms with Crippen LogP contribution >= 0.6 is 0 Å². The van der Waals surface area contributed by atoms with Gasteiger partial charge in [-0.3, -0.25) is 9.69 Å². The van der Waals surface area contributed by atoms with Crippen molar-refractivity contribution in [1.82, 2.24) is 9.80 Å². The molecule has 0 N–H and O–H groups in total. The van der Waals surface area contributed by atoms with Crippen LogP contribution in [0.4, 0.5) is 4.39 Å². The minimum absolute atomic E-state index is 0.0157. The molecule has 1 aromatic carbocycles. The minimum atomic E-state index is -0.307. The van der Waals surface area contributed by atoms with Gasteiger partial charge in [0, 0.05) is 44.4 Å². The molecule has 0 aliphatic carbocycles. The lowest BCUT2D eigenvalue weighted by Crippen LogP contribution is -2.44. The quantitative estimate of drug-likeness (QED) is 0.838. The van der Waals surface area contributed by atoms with Crippen LogP contribution in [0.5, 0.6) is 0 Å². The monoisotopic (exact) mass is 348 g/mol. The van der Waals surface area contributed by atoms with E-state index in [1.807, 2.05) is 4.90 Å². The van der Waals surface area contributed by atoms with Crippen LogP contribution in [0.3, 0.4) is 0 Å². The summed E-state index contributed by atoms with van der Waals surface area (Å²) in [6.45, 7) is 7.92. The van der Waals surface area contributed by atoms with Crippen LogP contribution < -0.4 is 0 Å². The topological polar surface area (TPSA) is 32.8 Å². The Morgan fingerprint density at radius 2 is 1.92 bits per heavy atom. The van der Waals surface area contributed by atoms with E-state index in [2.05, 4.69) is 18.7 Å². The Kier molecular flexibility index (Phi) is 5.44. The number of rotatable bonds is 4. The number of amides is 1. The van der Waals surface area contributed by atoms with Crippen molar-refractivity contribution >= 4 is 5.91 Å². The van der Waals surface area contributed by atoms with Crippen molar-refractivity contribution in [2.45, 2.75) is 45.2 Å². The van der Waals surface area contributed by atoms with Crippen LogP contribution in [0.25, 0.3) is 0 Å². The SMILES string of the molecule is COCC1CC2(CCN(C(=O)c3ccc(F)cc3)CC2)CN1C(C)C. The summed E-state index contributed by atoms with van der Waals surface area (Å²) in [6, 6.07) is 6.85. The van der Waals surface area contributed by atoms with E-state index >= 15 is 0 Å². The maximum atomic E-state index is 13.1. The van der Waals surface area contributed by atoms with Crippen molar-refractivity contribution in [3.8, 4) is 0 Å². The van der Waals surface area contributed by atoms with Crippen molar-refractivity contribution in [1.29, 1.82) is 0 Å². The van der Waals surface area contributed by atoms with Gasteiger partial charge >= 0.3 is 0 Å². The van der Waals surface area contributed by atoms with E-state index in [0.717, 1.165) is 45.5 Å². The standard InChI is InChI=1S/C20H29FN2O2/c1-15(2)23-14-20(12-18(23)13-25-3)8-10-22(11-9-20)19(24)16-4-6-17(21)7-5-16/h4-7,15,18H,8-14H2,1-3H3. The van der Waals surface area contributed by atoms with E-state index in [-0.39, 0.29) is 11.7 Å². The van der Waals surface area contributed by atoms with Crippen molar-refractivity contribution in [2.24, 2.45) is 5.41 Å². The third-order valence-corrected chi connectivity index (χ3v) is 5.88. The van der Waals surface area contributed by atoms with E-state index in [1.54, 1.807) is 19.2 Å². The molecule has 5 heteroatoms. The molecule has 2 heterocycles. The number of hydrogen-bond donors (Lipinski definition) is 0. The third kappa shape index (κ3) is 3.87. The summed E-state index contributed by atoms with van der Waals surface area (Å²) >= 11 is 0. The predicted molar refractivity (Wildman–Crippen MR) is 96.1 cm³/mol. The van der Waals surface area contributed by atoms with Crippen molar-refractivity contribution in [3.05, 3.63) is 35.6 Å². The Morgan fingerprint density at radius 3 is 2.48 bits per heavy atom. The average molecular weight is 348 g/mol. The Balaban J connectivity index is 1.63. The average Bonchev–Trinajstić information content (AvgIpc) is 2.94. The molecule has 3 rings (SSSR count). The largest absolute Gasteiger partial charge is 0.383 e. The molecule has 1 aromatic rings. The second-order valence-electron chi connectivity index (χ2n) is 7.88. The Labute approximate surface area is 149 Å². The maximum absolute atomic E-state index is 13.1. The zero-order chi connectivity index (χ0) is 18.0. The molecule has 25 heavy (non-hydrogen) atoms. The lowest BCUT2D eigenvalue weighted by Gasteiger charge is -2.39. The van der Waals surface area contributed by atoms with Crippen LogP contribution in [0.1, 0.15) is 43.5 Å². The number of piperidine rings is 1. The maximum Gasteiger partial charge on any atom is 0.253 e. The van der Waals surface area contributed by atoms with E-state index in [1.165, 1.54) is 12.1 Å². The molecule has 0 radical (unpaired) electrons. The molecule has 1 spiro atoms. The van der Waals surface area contributed by atoms with Gasteiger partial charge in [0.15, 0.2) is 0 Å². The fourth-order valence-corrected chi connectivity index (χ4v) is 4.47. The van der Waals surface area contributed by atoms with Crippen LogP contribution in [-0.2, 0) is 4.74 Å². The highest BCUT2D eigenvalue weighted by molar-refractivity contribution is 5.94. The third-order valence-electron chi connectivity index (χ3n) is 5.88. The Morgan fingerprint density at radius 1 is 1.28 bits per heavy atom. The highest BCUT2D eigenvalue weighted by Crippen LogP contribution is 2.44. The molecule has 2 fully saturated rings. The molecule has 138 valence electrons. The molecule has 0 saturated carbocycles.